The first-order valence-electron chi connectivity index (χ1n) is 7.34. The first-order valence-corrected chi connectivity index (χ1v) is 8.83. The number of hydrogen-bond acceptors (Lipinski definition) is 5. The van der Waals surface area contributed by atoms with Crippen LogP contribution in [0.15, 0.2) is 11.2 Å². The van der Waals surface area contributed by atoms with Gasteiger partial charge >= 0.3 is 0 Å². The quantitative estimate of drug-likeness (QED) is 0.666. The Morgan fingerprint density at radius 1 is 1.52 bits per heavy atom. The normalized spacial score (nSPS) is 20.5. The van der Waals surface area contributed by atoms with E-state index in [-0.39, 0.29) is 5.03 Å². The molecule has 1 atom stereocenters. The second kappa shape index (κ2) is 6.87. The summed E-state index contributed by atoms with van der Waals surface area (Å²) < 4.78 is 27.4. The predicted octanol–water partition coefficient (Wildman–Crippen LogP) is 0.138. The number of sulfonamides is 1. The molecule has 0 spiro atoms. The van der Waals surface area contributed by atoms with Crippen molar-refractivity contribution in [3.8, 4) is 0 Å². The molecular weight excluding hydrogens is 290 g/mol. The number of aromatic nitrogens is 2. The highest BCUT2D eigenvalue weighted by Gasteiger charge is 2.27. The Kier molecular flexibility index (Phi) is 5.37. The fourth-order valence-electron chi connectivity index (χ4n) is 2.65. The van der Waals surface area contributed by atoms with Crippen LogP contribution >= 0.6 is 0 Å². The molecular formula is C13H25N5O2S. The van der Waals surface area contributed by atoms with Gasteiger partial charge in [0.05, 0.1) is 6.20 Å². The van der Waals surface area contributed by atoms with Crippen LogP contribution in [0.2, 0.25) is 0 Å². The molecule has 0 radical (unpaired) electrons. The van der Waals surface area contributed by atoms with Gasteiger partial charge in [0.15, 0.2) is 5.03 Å². The Morgan fingerprint density at radius 3 is 2.90 bits per heavy atom. The summed E-state index contributed by atoms with van der Waals surface area (Å²) in [6.07, 6.45) is 2.58. The lowest BCUT2D eigenvalue weighted by atomic mass is 10.1. The Balaban J connectivity index is 1.94. The van der Waals surface area contributed by atoms with E-state index in [2.05, 4.69) is 39.0 Å². The lowest BCUT2D eigenvalue weighted by Gasteiger charge is -2.20. The van der Waals surface area contributed by atoms with Gasteiger partial charge in [-0.2, -0.15) is 5.10 Å². The first kappa shape index (κ1) is 16.4. The average molecular weight is 315 g/mol. The maximum absolute atomic E-state index is 12.3. The number of likely N-dealkylation sites (tertiary alicyclic amines) is 1. The minimum atomic E-state index is -3.52. The van der Waals surface area contributed by atoms with Crippen LogP contribution in [0.25, 0.3) is 0 Å². The van der Waals surface area contributed by atoms with Crippen LogP contribution < -0.4 is 10.0 Å². The van der Waals surface area contributed by atoms with Crippen molar-refractivity contribution in [2.45, 2.75) is 37.9 Å². The largest absolute Gasteiger partial charge is 0.316 e. The van der Waals surface area contributed by atoms with Crippen LogP contribution in [0.3, 0.4) is 0 Å². The van der Waals surface area contributed by atoms with Crippen molar-refractivity contribution in [1.82, 2.24) is 25.1 Å². The van der Waals surface area contributed by atoms with E-state index in [1.54, 1.807) is 13.2 Å². The van der Waals surface area contributed by atoms with Crippen LogP contribution in [0.1, 0.15) is 25.8 Å². The van der Waals surface area contributed by atoms with E-state index in [9.17, 15) is 8.42 Å². The average Bonchev–Trinajstić information content (AvgIpc) is 3.06. The van der Waals surface area contributed by atoms with E-state index < -0.39 is 10.0 Å². The number of nitrogens with one attached hydrogen (secondary N) is 3. The molecule has 2 heterocycles. The van der Waals surface area contributed by atoms with Crippen molar-refractivity contribution in [2.24, 2.45) is 5.92 Å². The van der Waals surface area contributed by atoms with Gasteiger partial charge in [0, 0.05) is 31.2 Å². The zero-order valence-corrected chi connectivity index (χ0v) is 13.7. The summed E-state index contributed by atoms with van der Waals surface area (Å²) in [5.41, 5.74) is 0.653. The van der Waals surface area contributed by atoms with Gasteiger partial charge in [-0.1, -0.05) is 0 Å². The van der Waals surface area contributed by atoms with Crippen LogP contribution in [-0.2, 0) is 16.6 Å². The Labute approximate surface area is 126 Å². The van der Waals surface area contributed by atoms with Crippen molar-refractivity contribution >= 4 is 10.0 Å². The fourth-order valence-corrected chi connectivity index (χ4v) is 3.89. The molecule has 2 rings (SSSR count). The molecule has 0 aromatic carbocycles. The summed E-state index contributed by atoms with van der Waals surface area (Å²) in [5, 5.41) is 9.51. The van der Waals surface area contributed by atoms with Gasteiger partial charge in [-0.05, 0) is 39.8 Å². The van der Waals surface area contributed by atoms with Crippen LogP contribution in [0.4, 0.5) is 0 Å². The molecule has 1 aromatic heterocycles. The van der Waals surface area contributed by atoms with Gasteiger partial charge in [-0.25, -0.2) is 13.1 Å². The molecule has 0 aliphatic carbocycles. The number of H-pyrrole nitrogens is 1. The van der Waals surface area contributed by atoms with Crippen molar-refractivity contribution in [3.05, 3.63) is 11.8 Å². The molecule has 21 heavy (non-hydrogen) atoms. The zero-order chi connectivity index (χ0) is 15.5. The maximum Gasteiger partial charge on any atom is 0.257 e. The maximum atomic E-state index is 12.3. The first-order chi connectivity index (χ1) is 9.94. The number of aromatic amines is 1. The Morgan fingerprint density at radius 2 is 2.29 bits per heavy atom. The van der Waals surface area contributed by atoms with Gasteiger partial charge in [0.25, 0.3) is 10.0 Å². The summed E-state index contributed by atoms with van der Waals surface area (Å²) in [6, 6.07) is 0.515. The third kappa shape index (κ3) is 4.03. The zero-order valence-electron chi connectivity index (χ0n) is 12.9. The molecule has 1 aliphatic heterocycles. The highest BCUT2D eigenvalue weighted by atomic mass is 32.2. The lowest BCUT2D eigenvalue weighted by Crippen LogP contribution is -2.33. The summed E-state index contributed by atoms with van der Waals surface area (Å²) in [5.74, 6) is 0.373. The molecule has 0 amide bonds. The molecule has 0 bridgehead atoms. The van der Waals surface area contributed by atoms with E-state index >= 15 is 0 Å². The summed E-state index contributed by atoms with van der Waals surface area (Å²) >= 11 is 0. The van der Waals surface area contributed by atoms with E-state index in [1.165, 1.54) is 0 Å². The molecule has 1 aliphatic rings. The molecule has 3 N–H and O–H groups in total. The van der Waals surface area contributed by atoms with Crippen molar-refractivity contribution in [1.29, 1.82) is 0 Å². The molecule has 1 fully saturated rings. The van der Waals surface area contributed by atoms with Gasteiger partial charge in [0.1, 0.15) is 0 Å². The minimum Gasteiger partial charge on any atom is -0.316 e. The minimum absolute atomic E-state index is 0.163. The highest BCUT2D eigenvalue weighted by molar-refractivity contribution is 7.89. The molecule has 8 heteroatoms. The summed E-state index contributed by atoms with van der Waals surface area (Å²) in [4.78, 5) is 2.38. The molecule has 0 saturated carbocycles. The van der Waals surface area contributed by atoms with Crippen molar-refractivity contribution in [3.63, 3.8) is 0 Å². The molecule has 1 aromatic rings. The predicted molar refractivity (Wildman–Crippen MR) is 81.4 cm³/mol. The topological polar surface area (TPSA) is 90.1 Å². The molecule has 1 saturated heterocycles. The number of nitrogens with zero attached hydrogens (tertiary/aromatic N) is 2. The summed E-state index contributed by atoms with van der Waals surface area (Å²) in [6.45, 7) is 7.27. The second-order valence-corrected chi connectivity index (χ2v) is 7.55. The van der Waals surface area contributed by atoms with Gasteiger partial charge < -0.3 is 10.2 Å². The van der Waals surface area contributed by atoms with Crippen LogP contribution in [-0.4, -0.2) is 56.2 Å². The van der Waals surface area contributed by atoms with E-state index in [4.69, 9.17) is 0 Å². The van der Waals surface area contributed by atoms with E-state index in [0.717, 1.165) is 19.5 Å². The third-order valence-corrected chi connectivity index (χ3v) is 5.36. The van der Waals surface area contributed by atoms with Gasteiger partial charge in [0.2, 0.25) is 0 Å². The van der Waals surface area contributed by atoms with E-state index in [1.807, 2.05) is 0 Å². The van der Waals surface area contributed by atoms with Crippen LogP contribution in [0.5, 0.6) is 0 Å². The lowest BCUT2D eigenvalue weighted by molar-refractivity contribution is 0.265. The third-order valence-electron chi connectivity index (χ3n) is 3.92. The smallest absolute Gasteiger partial charge is 0.257 e. The van der Waals surface area contributed by atoms with E-state index in [0.29, 0.717) is 30.6 Å². The second-order valence-electron chi connectivity index (χ2n) is 5.85. The standard InChI is InChI=1S/C13H25N5O2S/c1-10(2)18-5-4-11(9-18)6-16-21(19,20)13-12(7-14-3)8-15-17-13/h8,10-11,14,16H,4-7,9H2,1-3H3,(H,15,17). The SMILES string of the molecule is CNCc1cn[nH]c1S(=O)(=O)NCC1CCN(C(C)C)C1. The van der Waals surface area contributed by atoms with Gasteiger partial charge in [-0.15, -0.1) is 0 Å². The number of hydrogen-bond donors (Lipinski definition) is 3. The summed E-state index contributed by atoms with van der Waals surface area (Å²) in [7, 11) is -1.75. The Bertz CT molecular complexity index is 555. The van der Waals surface area contributed by atoms with Gasteiger partial charge in [-0.3, -0.25) is 5.10 Å². The van der Waals surface area contributed by atoms with Crippen molar-refractivity contribution < 1.29 is 8.42 Å². The number of rotatable bonds is 7. The van der Waals surface area contributed by atoms with Crippen molar-refractivity contribution in [2.75, 3.05) is 26.7 Å². The molecule has 7 nitrogen and oxygen atoms in total. The monoisotopic (exact) mass is 315 g/mol. The molecule has 120 valence electrons. The highest BCUT2D eigenvalue weighted by Crippen LogP contribution is 2.19. The van der Waals surface area contributed by atoms with Crippen LogP contribution in [0, 0.1) is 5.92 Å². The fraction of sp³-hybridized carbons (Fsp3) is 0.769. The molecule has 1 unspecified atom stereocenters. The Hall–Kier alpha value is -0.960.